The molecule has 0 aliphatic heterocycles. The molecule has 0 aromatic rings. The normalized spacial score (nSPS) is 13.1. The molecule has 16 heavy (non-hydrogen) atoms. The van der Waals surface area contributed by atoms with Crippen LogP contribution in [0.2, 0.25) is 37.3 Å². The van der Waals surface area contributed by atoms with Crippen molar-refractivity contribution in [2.75, 3.05) is 0 Å². The Morgan fingerprint density at radius 1 is 0.562 bits per heavy atom. The molecule has 0 atom stereocenters. The lowest BCUT2D eigenvalue weighted by atomic mass is 10.6. The molecule has 98 valence electrons. The summed E-state index contributed by atoms with van der Waals surface area (Å²) in [4.78, 5) is 0. The van der Waals surface area contributed by atoms with E-state index in [4.69, 9.17) is 0 Å². The van der Waals surface area contributed by atoms with Crippen LogP contribution in [-0.2, 0) is 0 Å². The number of hydrogen-bond donors (Lipinski definition) is 0. The maximum absolute atomic E-state index is 2.71. The minimum Gasteiger partial charge on any atom is -0.0713 e. The van der Waals surface area contributed by atoms with Crippen LogP contribution < -0.4 is 0 Å². The molecule has 0 N–H and O–H groups in total. The second-order valence-electron chi connectivity index (χ2n) is 6.16. The van der Waals surface area contributed by atoms with Gasteiger partial charge in [0.25, 0.3) is 0 Å². The highest BCUT2D eigenvalue weighted by Gasteiger charge is 2.44. The zero-order valence-corrected chi connectivity index (χ0v) is 14.7. The van der Waals surface area contributed by atoms with Gasteiger partial charge in [0.2, 0.25) is 0 Å². The minimum atomic E-state index is -0.907. The summed E-state index contributed by atoms with van der Waals surface area (Å²) >= 11 is 0. The molecule has 0 saturated heterocycles. The topological polar surface area (TPSA) is 0 Å². The summed E-state index contributed by atoms with van der Waals surface area (Å²) < 4.78 is 0. The van der Waals surface area contributed by atoms with E-state index in [1.54, 1.807) is 24.2 Å². The Morgan fingerprint density at radius 2 is 0.875 bits per heavy atom. The third-order valence-corrected chi connectivity index (χ3v) is 25.1. The van der Waals surface area contributed by atoms with Gasteiger partial charge in [0.1, 0.15) is 0 Å². The van der Waals surface area contributed by atoms with E-state index in [2.05, 4.69) is 40.8 Å². The maximum atomic E-state index is 2.71. The molecule has 0 aromatic carbocycles. The summed E-state index contributed by atoms with van der Waals surface area (Å²) in [6, 6.07) is 6.44. The van der Waals surface area contributed by atoms with Crippen molar-refractivity contribution in [1.29, 1.82) is 0 Å². The summed E-state index contributed by atoms with van der Waals surface area (Å²) in [6.45, 7) is 15.0. The average molecular weight is 259 g/mol. The van der Waals surface area contributed by atoms with Crippen molar-refractivity contribution in [3.63, 3.8) is 0 Å². The molecule has 0 nitrogen and oxygen atoms in total. The van der Waals surface area contributed by atoms with E-state index in [9.17, 15) is 0 Å². The molecule has 0 amide bonds. The second kappa shape index (κ2) is 7.70. The molecule has 0 aliphatic carbocycles. The summed E-state index contributed by atoms with van der Waals surface area (Å²) in [7, 11) is -1.81. The van der Waals surface area contributed by atoms with E-state index >= 15 is 0 Å². The highest BCUT2D eigenvalue weighted by Crippen LogP contribution is 2.37. The van der Waals surface area contributed by atoms with Gasteiger partial charge < -0.3 is 0 Å². The van der Waals surface area contributed by atoms with Gasteiger partial charge in [0.05, 0.1) is 0 Å². The lowest BCUT2D eigenvalue weighted by molar-refractivity contribution is 0.935. The van der Waals surface area contributed by atoms with Gasteiger partial charge in [-0.1, -0.05) is 90.6 Å². The maximum Gasteiger partial charge on any atom is 0.0473 e. The van der Waals surface area contributed by atoms with E-state index in [1.165, 1.54) is 25.7 Å². The zero-order chi connectivity index (χ0) is 12.7. The molecule has 2 heteroatoms. The van der Waals surface area contributed by atoms with Gasteiger partial charge in [0, 0.05) is 15.2 Å². The van der Waals surface area contributed by atoms with Crippen LogP contribution >= 0.6 is 0 Å². The number of rotatable bonds is 9. The van der Waals surface area contributed by atoms with Crippen molar-refractivity contribution in [2.45, 2.75) is 90.6 Å². The van der Waals surface area contributed by atoms with Gasteiger partial charge in [-0.3, -0.25) is 0 Å². The lowest BCUT2D eigenvalue weighted by Gasteiger charge is -2.45. The van der Waals surface area contributed by atoms with Crippen LogP contribution in [-0.4, -0.2) is 15.2 Å². The van der Waals surface area contributed by atoms with Gasteiger partial charge in [-0.2, -0.15) is 0 Å². The first-order valence-corrected chi connectivity index (χ1v) is 14.3. The Hall–Kier alpha value is 0.434. The Balaban J connectivity index is 4.96. The molecule has 0 aromatic heterocycles. The van der Waals surface area contributed by atoms with Gasteiger partial charge in [-0.25, -0.2) is 0 Å². The van der Waals surface area contributed by atoms with Crippen molar-refractivity contribution in [1.82, 2.24) is 0 Å². The first-order chi connectivity index (χ1) is 7.49. The first-order valence-electron chi connectivity index (χ1n) is 7.49. The van der Waals surface area contributed by atoms with E-state index in [1.807, 2.05) is 0 Å². The van der Waals surface area contributed by atoms with Crippen LogP contribution in [0.25, 0.3) is 0 Å². The first kappa shape index (κ1) is 16.4. The van der Waals surface area contributed by atoms with Gasteiger partial charge in [-0.05, 0) is 0 Å². The van der Waals surface area contributed by atoms with Crippen LogP contribution in [0.15, 0.2) is 0 Å². The summed E-state index contributed by atoms with van der Waals surface area (Å²) in [5.74, 6) is 0. The Kier molecular flexibility index (Phi) is 7.91. The van der Waals surface area contributed by atoms with E-state index in [0.717, 1.165) is 0 Å². The molecule has 0 unspecified atom stereocenters. The Bertz CT molecular complexity index is 159. The standard InChI is InChI=1S/C14H34Si2/c1-7-11-15(5,6)16(12-8-2,13-9-3)14-10-4/h7-14H2,1-6H3. The molecule has 0 heterocycles. The summed E-state index contributed by atoms with van der Waals surface area (Å²) in [5.41, 5.74) is 0. The fraction of sp³-hybridized carbons (Fsp3) is 1.00. The monoisotopic (exact) mass is 258 g/mol. The van der Waals surface area contributed by atoms with E-state index in [-0.39, 0.29) is 0 Å². The Labute approximate surface area is 106 Å². The molecule has 0 spiro atoms. The van der Waals surface area contributed by atoms with Gasteiger partial charge in [-0.15, -0.1) is 0 Å². The molecule has 0 radical (unpaired) electrons. The zero-order valence-electron chi connectivity index (χ0n) is 12.7. The fourth-order valence-corrected chi connectivity index (χ4v) is 21.8. The van der Waals surface area contributed by atoms with E-state index in [0.29, 0.717) is 0 Å². The van der Waals surface area contributed by atoms with Crippen LogP contribution in [0.5, 0.6) is 0 Å². The van der Waals surface area contributed by atoms with Crippen molar-refractivity contribution >= 4 is 15.2 Å². The summed E-state index contributed by atoms with van der Waals surface area (Å²) in [6.07, 6.45) is 5.73. The molecule has 0 aliphatic rings. The SMILES string of the molecule is CCC[Si](C)(C)[Si](CCC)(CCC)CCC. The highest BCUT2D eigenvalue weighted by molar-refractivity contribution is 7.41. The van der Waals surface area contributed by atoms with E-state index < -0.39 is 15.2 Å². The molecule has 0 fully saturated rings. The van der Waals surface area contributed by atoms with Crippen LogP contribution in [0.3, 0.4) is 0 Å². The van der Waals surface area contributed by atoms with Crippen molar-refractivity contribution in [3.8, 4) is 0 Å². The quantitative estimate of drug-likeness (QED) is 0.454. The molecular weight excluding hydrogens is 224 g/mol. The van der Waals surface area contributed by atoms with Crippen LogP contribution in [0.4, 0.5) is 0 Å². The second-order valence-corrected chi connectivity index (χ2v) is 21.7. The van der Waals surface area contributed by atoms with Crippen molar-refractivity contribution in [3.05, 3.63) is 0 Å². The number of hydrogen-bond acceptors (Lipinski definition) is 0. The van der Waals surface area contributed by atoms with Crippen molar-refractivity contribution in [2.24, 2.45) is 0 Å². The third kappa shape index (κ3) is 4.03. The Morgan fingerprint density at radius 3 is 1.12 bits per heavy atom. The van der Waals surface area contributed by atoms with Crippen LogP contribution in [0, 0.1) is 0 Å². The molecular formula is C14H34Si2. The van der Waals surface area contributed by atoms with Crippen molar-refractivity contribution < 1.29 is 0 Å². The molecule has 0 bridgehead atoms. The van der Waals surface area contributed by atoms with Gasteiger partial charge in [0.15, 0.2) is 0 Å². The highest BCUT2D eigenvalue weighted by atomic mass is 29.3. The van der Waals surface area contributed by atoms with Crippen LogP contribution in [0.1, 0.15) is 53.4 Å². The molecule has 0 rings (SSSR count). The smallest absolute Gasteiger partial charge is 0.0473 e. The minimum absolute atomic E-state index is 0.905. The fourth-order valence-electron chi connectivity index (χ4n) is 3.72. The predicted molar refractivity (Wildman–Crippen MR) is 83.6 cm³/mol. The summed E-state index contributed by atoms with van der Waals surface area (Å²) in [5, 5.41) is 0. The average Bonchev–Trinajstić information content (AvgIpc) is 2.18. The van der Waals surface area contributed by atoms with Gasteiger partial charge >= 0.3 is 0 Å². The molecule has 0 saturated carbocycles. The third-order valence-electron chi connectivity index (χ3n) is 4.50. The lowest BCUT2D eigenvalue weighted by Crippen LogP contribution is -2.58. The predicted octanol–water partition coefficient (Wildman–Crippen LogP) is 5.86. The largest absolute Gasteiger partial charge is 0.0713 e.